The summed E-state index contributed by atoms with van der Waals surface area (Å²) in [5.41, 5.74) is 2.68. The summed E-state index contributed by atoms with van der Waals surface area (Å²) in [5.74, 6) is 0.996. The van der Waals surface area contributed by atoms with Crippen molar-refractivity contribution in [1.29, 1.82) is 0 Å². The van der Waals surface area contributed by atoms with Gasteiger partial charge in [-0.25, -0.2) is 0 Å². The van der Waals surface area contributed by atoms with Gasteiger partial charge in [-0.2, -0.15) is 11.8 Å². The van der Waals surface area contributed by atoms with Crippen LogP contribution in [0.2, 0.25) is 0 Å². The minimum Gasteiger partial charge on any atom is -0.361 e. The third-order valence-electron chi connectivity index (χ3n) is 3.83. The highest BCUT2D eigenvalue weighted by Crippen LogP contribution is 2.37. The molecule has 3 nitrogen and oxygen atoms in total. The molecule has 18 heavy (non-hydrogen) atoms. The molecular formula is C14H18N2OS. The van der Waals surface area contributed by atoms with Crippen LogP contribution in [0, 0.1) is 6.92 Å². The van der Waals surface area contributed by atoms with Gasteiger partial charge in [-0.3, -0.25) is 4.79 Å². The largest absolute Gasteiger partial charge is 0.361 e. The summed E-state index contributed by atoms with van der Waals surface area (Å²) in [6, 6.07) is 5.87. The first kappa shape index (κ1) is 11.9. The fraction of sp³-hybridized carbons (Fsp3) is 0.500. The van der Waals surface area contributed by atoms with Crippen molar-refractivity contribution in [3.05, 3.63) is 29.3 Å². The molecule has 0 aliphatic carbocycles. The zero-order chi connectivity index (χ0) is 12.8. The molecule has 1 aromatic carbocycles. The summed E-state index contributed by atoms with van der Waals surface area (Å²) in [5, 5.41) is 7.43. The molecule has 1 amide bonds. The van der Waals surface area contributed by atoms with Crippen molar-refractivity contribution in [3.63, 3.8) is 0 Å². The third kappa shape index (κ3) is 1.88. The zero-order valence-corrected chi connectivity index (χ0v) is 11.6. The number of thioether (sulfide) groups is 1. The van der Waals surface area contributed by atoms with E-state index in [4.69, 9.17) is 0 Å². The number of hydrogen-bond acceptors (Lipinski definition) is 3. The summed E-state index contributed by atoms with van der Waals surface area (Å²) < 4.78 is 0. The van der Waals surface area contributed by atoms with E-state index in [2.05, 4.69) is 30.5 Å². The first-order valence-corrected chi connectivity index (χ1v) is 7.46. The van der Waals surface area contributed by atoms with Gasteiger partial charge in [-0.05, 0) is 31.4 Å². The minimum absolute atomic E-state index is 0.0580. The van der Waals surface area contributed by atoms with E-state index in [0.717, 1.165) is 35.4 Å². The Morgan fingerprint density at radius 1 is 1.39 bits per heavy atom. The van der Waals surface area contributed by atoms with E-state index in [9.17, 15) is 4.79 Å². The first-order valence-electron chi connectivity index (χ1n) is 6.42. The van der Waals surface area contributed by atoms with Crippen molar-refractivity contribution < 1.29 is 4.79 Å². The molecular weight excluding hydrogens is 244 g/mol. The Morgan fingerprint density at radius 3 is 2.94 bits per heavy atom. The molecule has 2 heterocycles. The van der Waals surface area contributed by atoms with Gasteiger partial charge in [0.25, 0.3) is 5.91 Å². The number of carbonyl (C=O) groups is 1. The molecule has 1 aromatic rings. The lowest BCUT2D eigenvalue weighted by Crippen LogP contribution is -2.61. The van der Waals surface area contributed by atoms with Gasteiger partial charge < -0.3 is 10.6 Å². The summed E-state index contributed by atoms with van der Waals surface area (Å²) >= 11 is 1.93. The van der Waals surface area contributed by atoms with Crippen molar-refractivity contribution in [2.75, 3.05) is 11.1 Å². The number of aryl methyl sites for hydroxylation is 1. The van der Waals surface area contributed by atoms with Crippen LogP contribution in [0.4, 0.5) is 5.69 Å². The molecule has 0 aromatic heterocycles. The molecule has 0 bridgehead atoms. The number of carbonyl (C=O) groups excluding carboxylic acids is 1. The van der Waals surface area contributed by atoms with Gasteiger partial charge in [-0.15, -0.1) is 0 Å². The lowest BCUT2D eigenvalue weighted by atomic mass is 9.96. The molecule has 96 valence electrons. The van der Waals surface area contributed by atoms with Gasteiger partial charge in [0, 0.05) is 11.0 Å². The summed E-state index contributed by atoms with van der Waals surface area (Å²) in [4.78, 5) is 12.2. The highest BCUT2D eigenvalue weighted by molar-refractivity contribution is 8.00. The first-order chi connectivity index (χ1) is 8.60. The maximum Gasteiger partial charge on any atom is 0.255 e. The van der Waals surface area contributed by atoms with E-state index in [1.54, 1.807) is 0 Å². The van der Waals surface area contributed by atoms with Crippen LogP contribution in [0.1, 0.15) is 35.7 Å². The van der Waals surface area contributed by atoms with Gasteiger partial charge in [0.15, 0.2) is 0 Å². The summed E-state index contributed by atoms with van der Waals surface area (Å²) in [6.45, 7) is 4.30. The maximum absolute atomic E-state index is 12.2. The monoisotopic (exact) mass is 262 g/mol. The molecule has 1 saturated heterocycles. The molecule has 1 fully saturated rings. The standard InChI is InChI=1S/C14H18N2OS/c1-9-4-3-5-11-12(9)15-14(16-13(11)17)7-6-10(2)18-8-14/h3-5,10,15H,6-8H2,1-2H3,(H,16,17). The molecule has 4 heteroatoms. The number of hydrogen-bond donors (Lipinski definition) is 2. The second kappa shape index (κ2) is 4.19. The van der Waals surface area contributed by atoms with Crippen LogP contribution in [-0.2, 0) is 0 Å². The van der Waals surface area contributed by atoms with Crippen LogP contribution in [0.25, 0.3) is 0 Å². The Labute approximate surface area is 112 Å². The van der Waals surface area contributed by atoms with Crippen molar-refractivity contribution >= 4 is 23.4 Å². The quantitative estimate of drug-likeness (QED) is 0.755. The molecule has 2 unspecified atom stereocenters. The van der Waals surface area contributed by atoms with E-state index in [1.807, 2.05) is 23.9 Å². The second-order valence-electron chi connectivity index (χ2n) is 5.32. The van der Waals surface area contributed by atoms with Gasteiger partial charge in [0.2, 0.25) is 0 Å². The van der Waals surface area contributed by atoms with Crippen LogP contribution in [0.15, 0.2) is 18.2 Å². The van der Waals surface area contributed by atoms with E-state index in [-0.39, 0.29) is 11.6 Å². The Balaban J connectivity index is 1.96. The zero-order valence-electron chi connectivity index (χ0n) is 10.7. The maximum atomic E-state index is 12.2. The van der Waals surface area contributed by atoms with Crippen molar-refractivity contribution in [2.24, 2.45) is 0 Å². The summed E-state index contributed by atoms with van der Waals surface area (Å²) in [6.07, 6.45) is 2.14. The highest BCUT2D eigenvalue weighted by Gasteiger charge is 2.40. The van der Waals surface area contributed by atoms with Crippen molar-refractivity contribution in [2.45, 2.75) is 37.6 Å². The van der Waals surface area contributed by atoms with Crippen LogP contribution in [-0.4, -0.2) is 22.6 Å². The Bertz CT molecular complexity index is 493. The number of amides is 1. The molecule has 0 saturated carbocycles. The minimum atomic E-state index is -0.243. The van der Waals surface area contributed by atoms with E-state index >= 15 is 0 Å². The van der Waals surface area contributed by atoms with Crippen molar-refractivity contribution in [1.82, 2.24) is 5.32 Å². The number of anilines is 1. The topological polar surface area (TPSA) is 41.1 Å². The van der Waals surface area contributed by atoms with Gasteiger partial charge in [-0.1, -0.05) is 19.1 Å². The average Bonchev–Trinajstić information content (AvgIpc) is 2.35. The fourth-order valence-electron chi connectivity index (χ4n) is 2.66. The van der Waals surface area contributed by atoms with E-state index in [0.29, 0.717) is 5.25 Å². The number of para-hydroxylation sites is 1. The van der Waals surface area contributed by atoms with Crippen LogP contribution in [0.5, 0.6) is 0 Å². The average molecular weight is 262 g/mol. The Hall–Kier alpha value is -1.16. The molecule has 2 atom stereocenters. The number of fused-ring (bicyclic) bond motifs is 1. The molecule has 2 N–H and O–H groups in total. The SMILES string of the molecule is Cc1cccc2c1NC1(CCC(C)SC1)NC2=O. The third-order valence-corrected chi connectivity index (χ3v) is 5.29. The lowest BCUT2D eigenvalue weighted by Gasteiger charge is -2.44. The smallest absolute Gasteiger partial charge is 0.255 e. The Kier molecular flexibility index (Phi) is 2.77. The van der Waals surface area contributed by atoms with E-state index in [1.165, 1.54) is 0 Å². The Morgan fingerprint density at radius 2 is 2.22 bits per heavy atom. The van der Waals surface area contributed by atoms with Crippen LogP contribution in [0.3, 0.4) is 0 Å². The predicted molar refractivity (Wildman–Crippen MR) is 76.2 cm³/mol. The van der Waals surface area contributed by atoms with Gasteiger partial charge >= 0.3 is 0 Å². The molecule has 3 rings (SSSR count). The number of nitrogens with one attached hydrogen (secondary N) is 2. The van der Waals surface area contributed by atoms with E-state index < -0.39 is 0 Å². The highest BCUT2D eigenvalue weighted by atomic mass is 32.2. The van der Waals surface area contributed by atoms with Crippen LogP contribution >= 0.6 is 11.8 Å². The van der Waals surface area contributed by atoms with Gasteiger partial charge in [0.1, 0.15) is 5.66 Å². The number of rotatable bonds is 0. The lowest BCUT2D eigenvalue weighted by molar-refractivity contribution is 0.0902. The second-order valence-corrected chi connectivity index (χ2v) is 6.75. The fourth-order valence-corrected chi connectivity index (χ4v) is 3.81. The van der Waals surface area contributed by atoms with Crippen LogP contribution < -0.4 is 10.6 Å². The van der Waals surface area contributed by atoms with Gasteiger partial charge in [0.05, 0.1) is 11.3 Å². The predicted octanol–water partition coefficient (Wildman–Crippen LogP) is 2.76. The normalized spacial score (nSPS) is 30.6. The molecule has 2 aliphatic rings. The molecule has 0 radical (unpaired) electrons. The summed E-state index contributed by atoms with van der Waals surface area (Å²) in [7, 11) is 0. The van der Waals surface area contributed by atoms with Crippen molar-refractivity contribution in [3.8, 4) is 0 Å². The molecule has 1 spiro atoms. The number of benzene rings is 1. The molecule has 2 aliphatic heterocycles.